The maximum atomic E-state index is 13.3. The Morgan fingerprint density at radius 1 is 1.25 bits per heavy atom. The summed E-state index contributed by atoms with van der Waals surface area (Å²) in [7, 11) is 0. The van der Waals surface area contributed by atoms with Gasteiger partial charge in [-0.1, -0.05) is 6.92 Å². The third-order valence-electron chi connectivity index (χ3n) is 3.55. The highest BCUT2D eigenvalue weighted by Gasteiger charge is 2.39. The second-order valence-electron chi connectivity index (χ2n) is 5.46. The van der Waals surface area contributed by atoms with Crippen LogP contribution >= 0.6 is 0 Å². The molecule has 2 rings (SSSR count). The number of fused-ring (bicyclic) bond motifs is 1. The van der Waals surface area contributed by atoms with Crippen LogP contribution in [0.25, 0.3) is 5.57 Å². The molecule has 132 valence electrons. The molecule has 0 radical (unpaired) electrons. The van der Waals surface area contributed by atoms with Gasteiger partial charge in [-0.05, 0) is 30.7 Å². The summed E-state index contributed by atoms with van der Waals surface area (Å²) in [4.78, 5) is 12.2. The SMILES string of the molecule is CCCNC(=O)C1=CC(CF)(CF)Oc2ccc(C(F)(F)F)cc21. The number of hydrogen-bond acceptors (Lipinski definition) is 2. The number of hydrogen-bond donors (Lipinski definition) is 1. The molecule has 0 saturated heterocycles. The van der Waals surface area contributed by atoms with E-state index in [-0.39, 0.29) is 23.4 Å². The Bertz CT molecular complexity index is 650. The first-order valence-electron chi connectivity index (χ1n) is 7.30. The van der Waals surface area contributed by atoms with Gasteiger partial charge in [-0.2, -0.15) is 13.2 Å². The highest BCUT2D eigenvalue weighted by molar-refractivity contribution is 6.20. The third-order valence-corrected chi connectivity index (χ3v) is 3.55. The second-order valence-corrected chi connectivity index (χ2v) is 5.46. The molecule has 1 aliphatic heterocycles. The van der Waals surface area contributed by atoms with Crippen LogP contribution in [0.2, 0.25) is 0 Å². The first-order valence-corrected chi connectivity index (χ1v) is 7.30. The molecular weight excluding hydrogens is 333 g/mol. The molecular formula is C16H16F5NO2. The number of alkyl halides is 5. The summed E-state index contributed by atoms with van der Waals surface area (Å²) in [6, 6.07) is 2.46. The smallest absolute Gasteiger partial charge is 0.416 e. The van der Waals surface area contributed by atoms with Gasteiger partial charge < -0.3 is 10.1 Å². The maximum Gasteiger partial charge on any atom is 0.416 e. The van der Waals surface area contributed by atoms with Crippen LogP contribution in [0, 0.1) is 0 Å². The van der Waals surface area contributed by atoms with Gasteiger partial charge in [-0.25, -0.2) is 8.78 Å². The Balaban J connectivity index is 2.55. The van der Waals surface area contributed by atoms with Gasteiger partial charge in [0.05, 0.1) is 11.1 Å². The normalized spacial score (nSPS) is 16.0. The lowest BCUT2D eigenvalue weighted by molar-refractivity contribution is -0.137. The van der Waals surface area contributed by atoms with Crippen LogP contribution in [0.15, 0.2) is 24.3 Å². The largest absolute Gasteiger partial charge is 0.477 e. The standard InChI is InChI=1S/C16H16F5NO2/c1-2-5-22-14(23)12-7-15(8-17,9-18)24-13-4-3-10(6-11(12)13)16(19,20)21/h3-4,6-7H,2,5,8-9H2,1H3,(H,22,23). The lowest BCUT2D eigenvalue weighted by Crippen LogP contribution is -2.43. The van der Waals surface area contributed by atoms with Crippen molar-refractivity contribution in [3.05, 3.63) is 35.4 Å². The summed E-state index contributed by atoms with van der Waals surface area (Å²) < 4.78 is 70.4. The van der Waals surface area contributed by atoms with Crippen LogP contribution in [-0.2, 0) is 11.0 Å². The fraction of sp³-hybridized carbons (Fsp3) is 0.438. The number of amides is 1. The molecule has 1 N–H and O–H groups in total. The van der Waals surface area contributed by atoms with Crippen molar-refractivity contribution in [1.82, 2.24) is 5.32 Å². The van der Waals surface area contributed by atoms with Gasteiger partial charge in [0.15, 0.2) is 5.60 Å². The topological polar surface area (TPSA) is 38.3 Å². The Labute approximate surface area is 135 Å². The lowest BCUT2D eigenvalue weighted by atomic mass is 9.92. The number of carbonyl (C=O) groups excluding carboxylic acids is 1. The number of rotatable bonds is 5. The van der Waals surface area contributed by atoms with E-state index in [2.05, 4.69) is 5.32 Å². The summed E-state index contributed by atoms with van der Waals surface area (Å²) in [6.07, 6.45) is -3.10. The maximum absolute atomic E-state index is 13.3. The van der Waals surface area contributed by atoms with Crippen molar-refractivity contribution < 1.29 is 31.5 Å². The van der Waals surface area contributed by atoms with Crippen molar-refractivity contribution in [3.63, 3.8) is 0 Å². The van der Waals surface area contributed by atoms with E-state index in [0.29, 0.717) is 6.42 Å². The first kappa shape index (κ1) is 18.2. The zero-order valence-electron chi connectivity index (χ0n) is 12.8. The van der Waals surface area contributed by atoms with Gasteiger partial charge >= 0.3 is 6.18 Å². The molecule has 24 heavy (non-hydrogen) atoms. The molecule has 0 bridgehead atoms. The molecule has 0 unspecified atom stereocenters. The van der Waals surface area contributed by atoms with E-state index in [1.807, 2.05) is 0 Å². The van der Waals surface area contributed by atoms with Crippen LogP contribution in [0.1, 0.15) is 24.5 Å². The minimum atomic E-state index is -4.62. The van der Waals surface area contributed by atoms with Gasteiger partial charge in [-0.15, -0.1) is 0 Å². The fourth-order valence-electron chi connectivity index (χ4n) is 2.28. The number of ether oxygens (including phenoxy) is 1. The second kappa shape index (κ2) is 6.78. The van der Waals surface area contributed by atoms with Crippen LogP contribution in [0.3, 0.4) is 0 Å². The molecule has 0 spiro atoms. The predicted octanol–water partition coefficient (Wildman–Crippen LogP) is 3.69. The summed E-state index contributed by atoms with van der Waals surface area (Å²) in [5.74, 6) is -0.866. The van der Waals surface area contributed by atoms with Crippen LogP contribution in [-0.4, -0.2) is 31.4 Å². The molecule has 1 aromatic rings. The third kappa shape index (κ3) is 3.52. The number of carbonyl (C=O) groups is 1. The minimum absolute atomic E-state index is 0.143. The van der Waals surface area contributed by atoms with Crippen LogP contribution < -0.4 is 10.1 Å². The van der Waals surface area contributed by atoms with E-state index in [9.17, 15) is 26.7 Å². The molecule has 0 atom stereocenters. The Hall–Kier alpha value is -2.12. The van der Waals surface area contributed by atoms with E-state index in [0.717, 1.165) is 24.3 Å². The molecule has 8 heteroatoms. The van der Waals surface area contributed by atoms with Gasteiger partial charge in [0, 0.05) is 12.1 Å². The highest BCUT2D eigenvalue weighted by Crippen LogP contribution is 2.40. The fourth-order valence-corrected chi connectivity index (χ4v) is 2.28. The monoisotopic (exact) mass is 349 g/mol. The highest BCUT2D eigenvalue weighted by atomic mass is 19.4. The molecule has 0 aliphatic carbocycles. The van der Waals surface area contributed by atoms with Crippen molar-refractivity contribution in [2.24, 2.45) is 0 Å². The van der Waals surface area contributed by atoms with E-state index in [1.54, 1.807) is 6.92 Å². The van der Waals surface area contributed by atoms with E-state index >= 15 is 0 Å². The van der Waals surface area contributed by atoms with Gasteiger partial charge in [0.2, 0.25) is 0 Å². The molecule has 1 aromatic carbocycles. The Morgan fingerprint density at radius 2 is 1.92 bits per heavy atom. The van der Waals surface area contributed by atoms with Crippen LogP contribution in [0.5, 0.6) is 5.75 Å². The summed E-state index contributed by atoms with van der Waals surface area (Å²) in [6.45, 7) is -0.436. The number of halogens is 5. The zero-order valence-corrected chi connectivity index (χ0v) is 12.8. The van der Waals surface area contributed by atoms with Crippen molar-refractivity contribution in [2.75, 3.05) is 19.9 Å². The first-order chi connectivity index (χ1) is 11.3. The van der Waals surface area contributed by atoms with E-state index < -0.39 is 36.6 Å². The van der Waals surface area contributed by atoms with Crippen molar-refractivity contribution >= 4 is 11.5 Å². The van der Waals surface area contributed by atoms with Gasteiger partial charge in [-0.3, -0.25) is 4.79 Å². The zero-order chi connectivity index (χ0) is 18.0. The van der Waals surface area contributed by atoms with Gasteiger partial charge in [0.25, 0.3) is 5.91 Å². The van der Waals surface area contributed by atoms with Crippen LogP contribution in [0.4, 0.5) is 22.0 Å². The molecule has 0 fully saturated rings. The lowest BCUT2D eigenvalue weighted by Gasteiger charge is -2.32. The minimum Gasteiger partial charge on any atom is -0.477 e. The quantitative estimate of drug-likeness (QED) is 0.824. The molecule has 1 amide bonds. The van der Waals surface area contributed by atoms with Crippen molar-refractivity contribution in [3.8, 4) is 5.75 Å². The average Bonchev–Trinajstić information content (AvgIpc) is 2.57. The molecule has 3 nitrogen and oxygen atoms in total. The molecule has 1 aliphatic rings. The van der Waals surface area contributed by atoms with E-state index in [4.69, 9.17) is 4.74 Å². The van der Waals surface area contributed by atoms with Gasteiger partial charge in [0.1, 0.15) is 19.1 Å². The Morgan fingerprint density at radius 3 is 2.46 bits per heavy atom. The molecule has 0 saturated carbocycles. The van der Waals surface area contributed by atoms with E-state index in [1.165, 1.54) is 0 Å². The van der Waals surface area contributed by atoms with Crippen molar-refractivity contribution in [1.29, 1.82) is 0 Å². The van der Waals surface area contributed by atoms with Crippen molar-refractivity contribution in [2.45, 2.75) is 25.1 Å². The molecule has 1 heterocycles. The Kier molecular flexibility index (Phi) is 5.15. The summed E-state index contributed by atoms with van der Waals surface area (Å²) in [5, 5.41) is 2.50. The predicted molar refractivity (Wildman–Crippen MR) is 78.0 cm³/mol. The summed E-state index contributed by atoms with van der Waals surface area (Å²) in [5.41, 5.74) is -3.36. The number of benzene rings is 1. The number of nitrogens with one attached hydrogen (secondary N) is 1. The average molecular weight is 349 g/mol. The molecule has 0 aromatic heterocycles. The summed E-state index contributed by atoms with van der Waals surface area (Å²) >= 11 is 0.